The fraction of sp³-hybridized carbons (Fsp3) is 0. The zero-order chi connectivity index (χ0) is 13.2. The van der Waals surface area contributed by atoms with Gasteiger partial charge in [-0.25, -0.2) is 0 Å². The first-order valence-corrected chi connectivity index (χ1v) is 7.89. The van der Waals surface area contributed by atoms with Crippen molar-refractivity contribution in [2.45, 2.75) is 0 Å². The van der Waals surface area contributed by atoms with Crippen molar-refractivity contribution in [3.63, 3.8) is 0 Å². The number of thioether (sulfide) groups is 1. The van der Waals surface area contributed by atoms with Crippen LogP contribution in [-0.4, -0.2) is 0 Å². The first-order valence-electron chi connectivity index (χ1n) is 6.01. The van der Waals surface area contributed by atoms with E-state index in [4.69, 9.17) is 0 Å². The Bertz CT molecular complexity index is 544. The number of rotatable bonds is 4. The molecule has 0 fully saturated rings. The van der Waals surface area contributed by atoms with Crippen molar-refractivity contribution in [2.24, 2.45) is 0 Å². The molecule has 2 heteroatoms. The molecule has 0 unspecified atom stereocenters. The highest BCUT2D eigenvalue weighted by atomic mass is 32.2. The second-order valence-electron chi connectivity index (χ2n) is 3.78. The molecule has 1 aromatic heterocycles. The predicted molar refractivity (Wildman–Crippen MR) is 90.0 cm³/mol. The zero-order valence-electron chi connectivity index (χ0n) is 10.5. The van der Waals surface area contributed by atoms with Crippen molar-refractivity contribution in [3.8, 4) is 0 Å². The Labute approximate surface area is 122 Å². The molecule has 0 spiro atoms. The van der Waals surface area contributed by atoms with E-state index in [1.54, 1.807) is 23.1 Å². The second-order valence-corrected chi connectivity index (χ2v) is 5.41. The predicted octanol–water partition coefficient (Wildman–Crippen LogP) is 5.86. The summed E-state index contributed by atoms with van der Waals surface area (Å²) >= 11 is 3.40. The quantitative estimate of drug-likeness (QED) is 0.493. The van der Waals surface area contributed by atoms with Crippen molar-refractivity contribution in [3.05, 3.63) is 93.5 Å². The second kappa shape index (κ2) is 8.46. The molecule has 0 atom stereocenters. The normalized spacial score (nSPS) is 15.1. The number of hydrogen-bond acceptors (Lipinski definition) is 1. The molecule has 1 aliphatic heterocycles. The molecular weight excluding hydrogens is 268 g/mol. The molecule has 0 amide bonds. The van der Waals surface area contributed by atoms with Crippen LogP contribution in [0.5, 0.6) is 0 Å². The number of hydrogen-bond donors (Lipinski definition) is 0. The van der Waals surface area contributed by atoms with Crippen LogP contribution in [0, 0.1) is 0 Å². The van der Waals surface area contributed by atoms with Gasteiger partial charge in [-0.2, -0.15) is 0 Å². The molecule has 0 radical (unpaired) electrons. The van der Waals surface area contributed by atoms with Crippen molar-refractivity contribution < 1.29 is 0 Å². The molecule has 0 aromatic carbocycles. The van der Waals surface area contributed by atoms with Gasteiger partial charge in [0.05, 0.1) is 0 Å². The lowest BCUT2D eigenvalue weighted by atomic mass is 10.2. The molecule has 0 nitrogen and oxygen atoms in total. The van der Waals surface area contributed by atoms with Gasteiger partial charge < -0.3 is 0 Å². The topological polar surface area (TPSA) is 0 Å². The molecule has 0 aliphatic carbocycles. The van der Waals surface area contributed by atoms with E-state index in [0.717, 1.165) is 0 Å². The largest absolute Gasteiger partial charge is 0.211 e. The average molecular weight is 283 g/mol. The smallest absolute Gasteiger partial charge is 0.106 e. The van der Waals surface area contributed by atoms with Crippen LogP contribution < -0.4 is 0 Å². The van der Waals surface area contributed by atoms with Crippen molar-refractivity contribution in [1.82, 2.24) is 0 Å². The summed E-state index contributed by atoms with van der Waals surface area (Å²) in [5, 5.41) is 8.33. The highest BCUT2D eigenvalue weighted by Crippen LogP contribution is 2.15. The van der Waals surface area contributed by atoms with Crippen LogP contribution in [0.3, 0.4) is 0 Å². The lowest BCUT2D eigenvalue weighted by Gasteiger charge is -1.95. The lowest BCUT2D eigenvalue weighted by molar-refractivity contribution is 1.70. The van der Waals surface area contributed by atoms with E-state index in [0.29, 0.717) is 0 Å². The summed E-state index contributed by atoms with van der Waals surface area (Å²) in [6.07, 6.45) is 18.6. The van der Waals surface area contributed by atoms with Crippen LogP contribution in [0.2, 0.25) is 0 Å². The molecule has 2 rings (SSSR count). The standard InChI is InChI=1S/C17H15S2/c1(2-4-6-16-8-12-18-13-9-16)3-5-7-17-10-14-19-15-11-17/h1-15H/q+1. The van der Waals surface area contributed by atoms with Gasteiger partial charge in [-0.1, -0.05) is 42.5 Å². The third-order valence-electron chi connectivity index (χ3n) is 2.38. The van der Waals surface area contributed by atoms with Gasteiger partial charge in [-0.3, -0.25) is 0 Å². The minimum atomic E-state index is 1.23. The molecule has 1 aliphatic rings. The van der Waals surface area contributed by atoms with Crippen LogP contribution in [0.4, 0.5) is 0 Å². The molecule has 1 aromatic rings. The summed E-state index contributed by atoms with van der Waals surface area (Å²) in [6, 6.07) is 4.21. The van der Waals surface area contributed by atoms with Crippen molar-refractivity contribution >= 4 is 29.2 Å². The highest BCUT2D eigenvalue weighted by Gasteiger charge is 1.88. The molecule has 0 saturated heterocycles. The van der Waals surface area contributed by atoms with Crippen molar-refractivity contribution in [1.29, 1.82) is 0 Å². The monoisotopic (exact) mass is 283 g/mol. The Balaban J connectivity index is 1.80. The Kier molecular flexibility index (Phi) is 6.14. The maximum Gasteiger partial charge on any atom is 0.211 e. The Morgan fingerprint density at radius 1 is 0.842 bits per heavy atom. The van der Waals surface area contributed by atoms with Gasteiger partial charge in [0.2, 0.25) is 11.3 Å². The van der Waals surface area contributed by atoms with Gasteiger partial charge in [0.25, 0.3) is 0 Å². The van der Waals surface area contributed by atoms with E-state index in [2.05, 4.69) is 70.2 Å². The van der Waals surface area contributed by atoms with Crippen LogP contribution in [-0.2, 0) is 0 Å². The van der Waals surface area contributed by atoms with Gasteiger partial charge in [0.1, 0.15) is 0 Å². The molecular formula is C17H15S2+. The summed E-state index contributed by atoms with van der Waals surface area (Å²) < 4.78 is 0. The summed E-state index contributed by atoms with van der Waals surface area (Å²) in [5.41, 5.74) is 2.45. The average Bonchev–Trinajstić information content (AvgIpc) is 2.48. The minimum Gasteiger partial charge on any atom is -0.106 e. The molecule has 19 heavy (non-hydrogen) atoms. The SMILES string of the molecule is C1=CC(=C/C=C/C=C/C=C/c2cc[s+]cc2)C=CS1. The Morgan fingerprint density at radius 3 is 2.32 bits per heavy atom. The first kappa shape index (κ1) is 13.8. The van der Waals surface area contributed by atoms with Crippen molar-refractivity contribution in [2.75, 3.05) is 0 Å². The van der Waals surface area contributed by atoms with E-state index in [1.165, 1.54) is 11.1 Å². The molecule has 0 bridgehead atoms. The maximum atomic E-state index is 2.11. The van der Waals surface area contributed by atoms with E-state index in [9.17, 15) is 0 Å². The Morgan fingerprint density at radius 2 is 1.53 bits per heavy atom. The fourth-order valence-corrected chi connectivity index (χ4v) is 2.55. The first-order chi connectivity index (χ1) is 9.45. The zero-order valence-corrected chi connectivity index (χ0v) is 12.1. The van der Waals surface area contributed by atoms with Gasteiger partial charge in [0, 0.05) is 12.1 Å². The van der Waals surface area contributed by atoms with Crippen LogP contribution in [0.15, 0.2) is 87.9 Å². The summed E-state index contributed by atoms with van der Waals surface area (Å²) in [7, 11) is 0. The molecule has 0 saturated carbocycles. The third-order valence-corrected chi connectivity index (χ3v) is 3.55. The highest BCUT2D eigenvalue weighted by molar-refractivity contribution is 8.04. The lowest BCUT2D eigenvalue weighted by Crippen LogP contribution is -1.71. The molecule has 0 N–H and O–H groups in total. The van der Waals surface area contributed by atoms with Crippen LogP contribution in [0.1, 0.15) is 5.56 Å². The summed E-state index contributed by atoms with van der Waals surface area (Å²) in [6.45, 7) is 0. The van der Waals surface area contributed by atoms with E-state index >= 15 is 0 Å². The summed E-state index contributed by atoms with van der Waals surface area (Å²) in [5.74, 6) is 0. The maximum absolute atomic E-state index is 2.11. The third kappa shape index (κ3) is 5.69. The van der Waals surface area contributed by atoms with Crippen LogP contribution >= 0.6 is 23.1 Å². The van der Waals surface area contributed by atoms with E-state index < -0.39 is 0 Å². The van der Waals surface area contributed by atoms with Gasteiger partial charge in [-0.05, 0) is 34.1 Å². The van der Waals surface area contributed by atoms with Crippen LogP contribution in [0.25, 0.3) is 6.08 Å². The summed E-state index contributed by atoms with van der Waals surface area (Å²) in [4.78, 5) is 0. The number of allylic oxidation sites excluding steroid dienone is 9. The van der Waals surface area contributed by atoms with Gasteiger partial charge in [0.15, 0.2) is 10.8 Å². The fourth-order valence-electron chi connectivity index (χ4n) is 1.42. The van der Waals surface area contributed by atoms with Gasteiger partial charge >= 0.3 is 0 Å². The molecule has 2 heterocycles. The Hall–Kier alpha value is -1.64. The van der Waals surface area contributed by atoms with E-state index in [-0.39, 0.29) is 0 Å². The minimum absolute atomic E-state index is 1.23. The van der Waals surface area contributed by atoms with E-state index in [1.807, 2.05) is 18.2 Å². The molecule has 94 valence electrons. The van der Waals surface area contributed by atoms with Gasteiger partial charge in [-0.15, -0.1) is 11.8 Å².